The van der Waals surface area contributed by atoms with Crippen molar-refractivity contribution in [3.05, 3.63) is 54.2 Å². The van der Waals surface area contributed by atoms with Gasteiger partial charge in [-0.25, -0.2) is 0 Å². The number of nitrogens with one attached hydrogen (secondary N) is 1. The zero-order chi connectivity index (χ0) is 11.2. The maximum absolute atomic E-state index is 11.5. The number of carbonyl (C=O) groups excluding carboxylic acids is 1. The van der Waals surface area contributed by atoms with E-state index >= 15 is 0 Å². The second kappa shape index (κ2) is 5.11. The molecular formula is C12H12N2O2. The molecule has 0 aromatic carbocycles. The lowest BCUT2D eigenvalue weighted by Crippen LogP contribution is -2.24. The Labute approximate surface area is 93.3 Å². The van der Waals surface area contributed by atoms with E-state index in [1.54, 1.807) is 30.8 Å². The molecule has 0 aliphatic rings. The number of carbonyl (C=O) groups is 1. The first kappa shape index (κ1) is 10.4. The number of nitrogens with zero attached hydrogens (tertiary/aromatic N) is 1. The third-order valence-corrected chi connectivity index (χ3v) is 2.15. The number of amides is 1. The van der Waals surface area contributed by atoms with Gasteiger partial charge in [-0.3, -0.25) is 9.78 Å². The van der Waals surface area contributed by atoms with Crippen molar-refractivity contribution in [3.63, 3.8) is 0 Å². The molecule has 4 heteroatoms. The highest BCUT2D eigenvalue weighted by molar-refractivity contribution is 5.77. The molecule has 2 rings (SSSR count). The van der Waals surface area contributed by atoms with Crippen molar-refractivity contribution in [1.82, 2.24) is 10.3 Å². The molecule has 2 heterocycles. The topological polar surface area (TPSA) is 55.1 Å². The molecule has 1 N–H and O–H groups in total. The maximum Gasteiger partial charge on any atom is 0.227 e. The molecule has 0 saturated carbocycles. The molecule has 0 atom stereocenters. The molecule has 2 aromatic rings. The first-order valence-corrected chi connectivity index (χ1v) is 5.02. The molecule has 0 aliphatic heterocycles. The summed E-state index contributed by atoms with van der Waals surface area (Å²) in [5, 5.41) is 2.81. The van der Waals surface area contributed by atoms with Crippen LogP contribution in [0.3, 0.4) is 0 Å². The molecular weight excluding hydrogens is 204 g/mol. The Morgan fingerprint density at radius 3 is 2.81 bits per heavy atom. The Bertz CT molecular complexity index is 437. The minimum absolute atomic E-state index is 0.0493. The Kier molecular flexibility index (Phi) is 3.33. The minimum atomic E-state index is -0.0493. The molecule has 0 fully saturated rings. The van der Waals surface area contributed by atoms with E-state index in [1.165, 1.54) is 0 Å². The van der Waals surface area contributed by atoms with E-state index in [9.17, 15) is 4.79 Å². The summed E-state index contributed by atoms with van der Waals surface area (Å²) in [6, 6.07) is 7.29. The molecule has 0 saturated heterocycles. The van der Waals surface area contributed by atoms with Gasteiger partial charge in [-0.2, -0.15) is 0 Å². The van der Waals surface area contributed by atoms with E-state index in [-0.39, 0.29) is 12.3 Å². The van der Waals surface area contributed by atoms with E-state index in [1.807, 2.05) is 12.1 Å². The predicted molar refractivity (Wildman–Crippen MR) is 58.5 cm³/mol. The van der Waals surface area contributed by atoms with Gasteiger partial charge >= 0.3 is 0 Å². The van der Waals surface area contributed by atoms with Crippen molar-refractivity contribution < 1.29 is 9.21 Å². The van der Waals surface area contributed by atoms with E-state index in [0.29, 0.717) is 12.3 Å². The average molecular weight is 216 g/mol. The average Bonchev–Trinajstić information content (AvgIpc) is 2.81. The second-order valence-corrected chi connectivity index (χ2v) is 3.39. The van der Waals surface area contributed by atoms with Crippen LogP contribution in [0.1, 0.15) is 11.3 Å². The fraction of sp³-hybridized carbons (Fsp3) is 0.167. The molecule has 0 unspecified atom stereocenters. The van der Waals surface area contributed by atoms with E-state index in [0.717, 1.165) is 5.56 Å². The van der Waals surface area contributed by atoms with Crippen LogP contribution in [-0.4, -0.2) is 10.9 Å². The van der Waals surface area contributed by atoms with Gasteiger partial charge in [-0.1, -0.05) is 0 Å². The van der Waals surface area contributed by atoms with E-state index in [2.05, 4.69) is 10.3 Å². The van der Waals surface area contributed by atoms with E-state index in [4.69, 9.17) is 4.42 Å². The number of hydrogen-bond donors (Lipinski definition) is 1. The van der Waals surface area contributed by atoms with Gasteiger partial charge in [0.15, 0.2) is 0 Å². The number of aromatic nitrogens is 1. The summed E-state index contributed by atoms with van der Waals surface area (Å²) in [6.45, 7) is 0.516. The van der Waals surface area contributed by atoms with Crippen molar-refractivity contribution in [1.29, 1.82) is 0 Å². The molecule has 0 radical (unpaired) electrons. The standard InChI is InChI=1S/C12H12N2O2/c15-12(8-11-2-1-7-16-11)14-9-10-3-5-13-6-4-10/h1-7H,8-9H2,(H,14,15). The van der Waals surface area contributed by atoms with Gasteiger partial charge < -0.3 is 9.73 Å². The summed E-state index contributed by atoms with van der Waals surface area (Å²) < 4.78 is 5.09. The largest absolute Gasteiger partial charge is 0.469 e. The fourth-order valence-electron chi connectivity index (χ4n) is 1.34. The summed E-state index contributed by atoms with van der Waals surface area (Å²) in [5.74, 6) is 0.624. The predicted octanol–water partition coefficient (Wildman–Crippen LogP) is 1.53. The molecule has 4 nitrogen and oxygen atoms in total. The number of pyridine rings is 1. The van der Waals surface area contributed by atoms with Gasteiger partial charge in [-0.05, 0) is 29.8 Å². The summed E-state index contributed by atoms with van der Waals surface area (Å²) >= 11 is 0. The SMILES string of the molecule is O=C(Cc1ccco1)NCc1ccncc1. The van der Waals surface area contributed by atoms with Gasteiger partial charge in [0.05, 0.1) is 12.7 Å². The fourth-order valence-corrected chi connectivity index (χ4v) is 1.34. The first-order valence-electron chi connectivity index (χ1n) is 5.02. The summed E-state index contributed by atoms with van der Waals surface area (Å²) in [6.07, 6.45) is 5.24. The van der Waals surface area contributed by atoms with Crippen molar-refractivity contribution in [3.8, 4) is 0 Å². The van der Waals surface area contributed by atoms with Crippen LogP contribution < -0.4 is 5.32 Å². The zero-order valence-corrected chi connectivity index (χ0v) is 8.72. The van der Waals surface area contributed by atoms with Crippen molar-refractivity contribution >= 4 is 5.91 Å². The highest BCUT2D eigenvalue weighted by Crippen LogP contribution is 2.01. The molecule has 0 bridgehead atoms. The first-order chi connectivity index (χ1) is 7.84. The Balaban J connectivity index is 1.80. The molecule has 0 aliphatic carbocycles. The van der Waals surface area contributed by atoms with Crippen LogP contribution in [0.5, 0.6) is 0 Å². The van der Waals surface area contributed by atoms with Gasteiger partial charge in [0.1, 0.15) is 5.76 Å². The van der Waals surface area contributed by atoms with Crippen LogP contribution in [-0.2, 0) is 17.8 Å². The lowest BCUT2D eigenvalue weighted by atomic mass is 10.2. The lowest BCUT2D eigenvalue weighted by molar-refractivity contribution is -0.120. The third kappa shape index (κ3) is 2.95. The van der Waals surface area contributed by atoms with Crippen molar-refractivity contribution in [2.75, 3.05) is 0 Å². The monoisotopic (exact) mass is 216 g/mol. The number of hydrogen-bond acceptors (Lipinski definition) is 3. The van der Waals surface area contributed by atoms with Crippen molar-refractivity contribution in [2.24, 2.45) is 0 Å². The van der Waals surface area contributed by atoms with Gasteiger partial charge in [0, 0.05) is 18.9 Å². The van der Waals surface area contributed by atoms with Crippen LogP contribution in [0.2, 0.25) is 0 Å². The molecule has 16 heavy (non-hydrogen) atoms. The lowest BCUT2D eigenvalue weighted by Gasteiger charge is -2.03. The molecule has 2 aromatic heterocycles. The highest BCUT2D eigenvalue weighted by Gasteiger charge is 2.04. The van der Waals surface area contributed by atoms with E-state index < -0.39 is 0 Å². The molecule has 82 valence electrons. The Hall–Kier alpha value is -2.10. The van der Waals surface area contributed by atoms with Gasteiger partial charge in [0.25, 0.3) is 0 Å². The minimum Gasteiger partial charge on any atom is -0.469 e. The number of furan rings is 1. The van der Waals surface area contributed by atoms with Gasteiger partial charge in [-0.15, -0.1) is 0 Å². The van der Waals surface area contributed by atoms with Crippen molar-refractivity contribution in [2.45, 2.75) is 13.0 Å². The Morgan fingerprint density at radius 2 is 2.12 bits per heavy atom. The summed E-state index contributed by atoms with van der Waals surface area (Å²) in [5.41, 5.74) is 1.03. The summed E-state index contributed by atoms with van der Waals surface area (Å²) in [7, 11) is 0. The third-order valence-electron chi connectivity index (χ3n) is 2.15. The maximum atomic E-state index is 11.5. The van der Waals surface area contributed by atoms with Crippen LogP contribution >= 0.6 is 0 Å². The molecule has 1 amide bonds. The quantitative estimate of drug-likeness (QED) is 0.843. The normalized spacial score (nSPS) is 10.0. The number of rotatable bonds is 4. The molecule has 0 spiro atoms. The van der Waals surface area contributed by atoms with Gasteiger partial charge in [0.2, 0.25) is 5.91 Å². The Morgan fingerprint density at radius 1 is 1.31 bits per heavy atom. The smallest absolute Gasteiger partial charge is 0.227 e. The van der Waals surface area contributed by atoms with Crippen LogP contribution in [0.4, 0.5) is 0 Å². The summed E-state index contributed by atoms with van der Waals surface area (Å²) in [4.78, 5) is 15.4. The van der Waals surface area contributed by atoms with Crippen LogP contribution in [0.25, 0.3) is 0 Å². The van der Waals surface area contributed by atoms with Crippen LogP contribution in [0.15, 0.2) is 47.3 Å². The highest BCUT2D eigenvalue weighted by atomic mass is 16.3. The van der Waals surface area contributed by atoms with Crippen LogP contribution in [0, 0.1) is 0 Å². The zero-order valence-electron chi connectivity index (χ0n) is 8.72. The second-order valence-electron chi connectivity index (χ2n) is 3.39.